The SMILES string of the molecule is CN1CN(C2OC(C(O)P(=O)([O-])[O-])C(O)C2O)c2nc(N)[nH]c(=O)c21. The molecule has 13 nitrogen and oxygen atoms in total. The van der Waals surface area contributed by atoms with E-state index in [2.05, 4.69) is 9.97 Å². The summed E-state index contributed by atoms with van der Waals surface area (Å²) in [7, 11) is -3.93. The third-order valence-corrected chi connectivity index (χ3v) is 5.06. The molecule has 5 unspecified atom stereocenters. The Balaban J connectivity index is 1.95. The Kier molecular flexibility index (Phi) is 4.28. The maximum atomic E-state index is 12.0. The van der Waals surface area contributed by atoms with Gasteiger partial charge < -0.3 is 49.9 Å². The van der Waals surface area contributed by atoms with Gasteiger partial charge in [-0.15, -0.1) is 0 Å². The first-order valence-electron chi connectivity index (χ1n) is 7.11. The standard InChI is InChI=1S/C11H18N5O8P/c1-15-2-16(7-3(15)8(19)14-11(12)13-7)9-5(18)4(17)6(24-9)10(20)25(21,22)23/h4-6,9-10,17-18,20H,2H2,1H3,(H2,21,22,23)(H3,12,13,14,19)/p-2. The van der Waals surface area contributed by atoms with Gasteiger partial charge in [-0.1, -0.05) is 0 Å². The van der Waals surface area contributed by atoms with E-state index in [-0.39, 0.29) is 24.1 Å². The van der Waals surface area contributed by atoms with Crippen molar-refractivity contribution in [3.05, 3.63) is 10.4 Å². The van der Waals surface area contributed by atoms with Crippen LogP contribution in [-0.4, -0.2) is 69.4 Å². The molecule has 0 aliphatic carbocycles. The molecular formula is C11H16N5O8P-2. The molecule has 1 aromatic heterocycles. The van der Waals surface area contributed by atoms with Gasteiger partial charge in [0.2, 0.25) is 5.95 Å². The summed E-state index contributed by atoms with van der Waals surface area (Å²) in [6, 6.07) is 0. The van der Waals surface area contributed by atoms with Gasteiger partial charge >= 0.3 is 0 Å². The second-order valence-corrected chi connectivity index (χ2v) is 7.47. The molecule has 3 heterocycles. The normalized spacial score (nSPS) is 30.6. The summed E-state index contributed by atoms with van der Waals surface area (Å²) in [6.45, 7) is -0.00145. The lowest BCUT2D eigenvalue weighted by molar-refractivity contribution is -0.326. The van der Waals surface area contributed by atoms with Crippen molar-refractivity contribution in [3.63, 3.8) is 0 Å². The van der Waals surface area contributed by atoms with E-state index >= 15 is 0 Å². The van der Waals surface area contributed by atoms with E-state index in [1.807, 2.05) is 0 Å². The number of aliphatic hydroxyl groups is 3. The van der Waals surface area contributed by atoms with Crippen molar-refractivity contribution in [3.8, 4) is 0 Å². The molecule has 2 aliphatic heterocycles. The van der Waals surface area contributed by atoms with Gasteiger partial charge in [0.05, 0.1) is 6.67 Å². The van der Waals surface area contributed by atoms with Gasteiger partial charge in [0.25, 0.3) is 5.56 Å². The number of aromatic amines is 1. The highest BCUT2D eigenvalue weighted by Crippen LogP contribution is 2.41. The molecule has 140 valence electrons. The zero-order valence-corrected chi connectivity index (χ0v) is 13.7. The maximum absolute atomic E-state index is 12.0. The van der Waals surface area contributed by atoms with Crippen molar-refractivity contribution in [1.82, 2.24) is 9.97 Å². The monoisotopic (exact) mass is 377 g/mol. The molecule has 25 heavy (non-hydrogen) atoms. The van der Waals surface area contributed by atoms with Crippen molar-refractivity contribution in [1.29, 1.82) is 0 Å². The van der Waals surface area contributed by atoms with Crippen LogP contribution in [0.2, 0.25) is 0 Å². The summed E-state index contributed by atoms with van der Waals surface area (Å²) in [4.78, 5) is 43.0. The van der Waals surface area contributed by atoms with Gasteiger partial charge in [0.1, 0.15) is 29.8 Å². The van der Waals surface area contributed by atoms with Crippen LogP contribution in [0.25, 0.3) is 0 Å². The average Bonchev–Trinajstić information content (AvgIpc) is 2.96. The molecule has 1 saturated heterocycles. The van der Waals surface area contributed by atoms with Crippen LogP contribution in [0.1, 0.15) is 0 Å². The van der Waals surface area contributed by atoms with Crippen LogP contribution in [0.3, 0.4) is 0 Å². The molecule has 6 N–H and O–H groups in total. The van der Waals surface area contributed by atoms with Gasteiger partial charge in [0, 0.05) is 7.05 Å². The first kappa shape index (κ1) is 18.1. The molecule has 3 rings (SSSR count). The van der Waals surface area contributed by atoms with Crippen molar-refractivity contribution in [2.45, 2.75) is 30.4 Å². The Morgan fingerprint density at radius 3 is 2.68 bits per heavy atom. The lowest BCUT2D eigenvalue weighted by Gasteiger charge is -2.38. The number of nitrogens with one attached hydrogen (secondary N) is 1. The fourth-order valence-electron chi connectivity index (χ4n) is 2.95. The molecule has 1 aromatic rings. The summed E-state index contributed by atoms with van der Waals surface area (Å²) in [5.74, 6) is -2.70. The Hall–Kier alpha value is -1.73. The average molecular weight is 377 g/mol. The van der Waals surface area contributed by atoms with Crippen LogP contribution in [0.15, 0.2) is 4.79 Å². The van der Waals surface area contributed by atoms with Crippen molar-refractivity contribution < 1.29 is 34.4 Å². The number of nitrogens with zero attached hydrogens (tertiary/aromatic N) is 3. The van der Waals surface area contributed by atoms with E-state index in [9.17, 15) is 34.5 Å². The highest BCUT2D eigenvalue weighted by molar-refractivity contribution is 7.49. The number of anilines is 3. The largest absolute Gasteiger partial charge is 0.809 e. The number of ether oxygens (including phenoxy) is 1. The Bertz CT molecular complexity index is 782. The number of H-pyrrole nitrogens is 1. The van der Waals surface area contributed by atoms with Crippen LogP contribution >= 0.6 is 7.60 Å². The first-order chi connectivity index (χ1) is 11.5. The molecule has 0 aromatic carbocycles. The third kappa shape index (κ3) is 2.89. The van der Waals surface area contributed by atoms with Gasteiger partial charge in [-0.25, -0.2) is 0 Å². The maximum Gasteiger partial charge on any atom is 0.278 e. The van der Waals surface area contributed by atoms with Crippen LogP contribution in [0.4, 0.5) is 17.5 Å². The lowest BCUT2D eigenvalue weighted by Crippen LogP contribution is -2.45. The molecule has 0 spiro atoms. The minimum absolute atomic E-state index is 0.00145. The molecule has 14 heteroatoms. The smallest absolute Gasteiger partial charge is 0.278 e. The zero-order chi connectivity index (χ0) is 18.7. The van der Waals surface area contributed by atoms with Gasteiger partial charge in [0.15, 0.2) is 12.0 Å². The number of aromatic nitrogens is 2. The highest BCUT2D eigenvalue weighted by Gasteiger charge is 2.51. The number of aliphatic hydroxyl groups excluding tert-OH is 3. The van der Waals surface area contributed by atoms with Crippen molar-refractivity contribution in [2.24, 2.45) is 0 Å². The second-order valence-electron chi connectivity index (χ2n) is 5.86. The summed E-state index contributed by atoms with van der Waals surface area (Å²) in [5, 5.41) is 29.7. The molecular weight excluding hydrogens is 361 g/mol. The summed E-state index contributed by atoms with van der Waals surface area (Å²) >= 11 is 0. The number of rotatable bonds is 3. The quantitative estimate of drug-likeness (QED) is 0.314. The molecule has 1 fully saturated rings. The topological polar surface area (TPSA) is 211 Å². The van der Waals surface area contributed by atoms with Crippen molar-refractivity contribution in [2.75, 3.05) is 29.2 Å². The minimum Gasteiger partial charge on any atom is -0.809 e. The number of hydrogen-bond donors (Lipinski definition) is 5. The number of nitrogens with two attached hydrogens (primary N) is 1. The fourth-order valence-corrected chi connectivity index (χ4v) is 3.56. The van der Waals surface area contributed by atoms with E-state index in [4.69, 9.17) is 10.5 Å². The molecule has 0 radical (unpaired) electrons. The van der Waals surface area contributed by atoms with Gasteiger partial charge in [-0.3, -0.25) is 9.78 Å². The second kappa shape index (κ2) is 5.92. The Labute approximate surface area is 140 Å². The Morgan fingerprint density at radius 1 is 1.44 bits per heavy atom. The lowest BCUT2D eigenvalue weighted by atomic mass is 10.1. The van der Waals surface area contributed by atoms with Crippen LogP contribution < -0.4 is 30.9 Å². The highest BCUT2D eigenvalue weighted by atomic mass is 31.2. The van der Waals surface area contributed by atoms with E-state index in [1.165, 1.54) is 9.80 Å². The molecule has 0 saturated carbocycles. The summed E-state index contributed by atoms with van der Waals surface area (Å²) in [5.41, 5.74) is 5.09. The number of hydrogen-bond acceptors (Lipinski definition) is 12. The fraction of sp³-hybridized carbons (Fsp3) is 0.636. The van der Waals surface area contributed by atoms with E-state index < -0.39 is 43.5 Å². The van der Waals surface area contributed by atoms with Gasteiger partial charge in [-0.05, 0) is 7.60 Å². The van der Waals surface area contributed by atoms with E-state index in [0.717, 1.165) is 0 Å². The van der Waals surface area contributed by atoms with Crippen molar-refractivity contribution >= 4 is 25.0 Å². The van der Waals surface area contributed by atoms with E-state index in [0.29, 0.717) is 0 Å². The van der Waals surface area contributed by atoms with E-state index in [1.54, 1.807) is 7.05 Å². The zero-order valence-electron chi connectivity index (χ0n) is 12.8. The predicted octanol–water partition coefficient (Wildman–Crippen LogP) is -4.76. The third-order valence-electron chi connectivity index (χ3n) is 4.11. The predicted molar refractivity (Wildman–Crippen MR) is 79.3 cm³/mol. The van der Waals surface area contributed by atoms with Crippen LogP contribution in [0, 0.1) is 0 Å². The molecule has 0 bridgehead atoms. The molecule has 5 atom stereocenters. The summed E-state index contributed by atoms with van der Waals surface area (Å²) in [6.07, 6.45) is -6.73. The number of nitrogen functional groups attached to an aromatic ring is 1. The first-order valence-corrected chi connectivity index (χ1v) is 8.72. The number of fused-ring (bicyclic) bond motifs is 1. The molecule has 0 amide bonds. The van der Waals surface area contributed by atoms with Crippen LogP contribution in [0.5, 0.6) is 0 Å². The Morgan fingerprint density at radius 2 is 2.08 bits per heavy atom. The minimum atomic E-state index is -5.48. The van der Waals surface area contributed by atoms with Crippen LogP contribution in [-0.2, 0) is 9.30 Å². The molecule has 2 aliphatic rings. The summed E-state index contributed by atoms with van der Waals surface area (Å²) < 4.78 is 16.2. The van der Waals surface area contributed by atoms with Gasteiger partial charge in [-0.2, -0.15) is 4.98 Å².